The number of hydrogen-bond donors (Lipinski definition) is 9. The molecule has 17 unspecified atom stereocenters. The second-order valence-corrected chi connectivity index (χ2v) is 22.1. The second kappa shape index (κ2) is 21.2. The van der Waals surface area contributed by atoms with Crippen molar-refractivity contribution >= 4 is 10.1 Å². The van der Waals surface area contributed by atoms with Gasteiger partial charge < -0.3 is 4.90 Å². The molecule has 9 aliphatic rings. The Kier molecular flexibility index (Phi) is 16.8. The minimum Gasteiger partial charge on any atom is -0.309 e. The van der Waals surface area contributed by atoms with E-state index in [1.807, 2.05) is 0 Å². The van der Waals surface area contributed by atoms with E-state index < -0.39 is 15.4 Å². The van der Waals surface area contributed by atoms with E-state index in [9.17, 15) is 13.0 Å². The van der Waals surface area contributed by atoms with E-state index in [0.717, 1.165) is 12.8 Å². The fourth-order valence-corrected chi connectivity index (χ4v) is 15.1. The first-order valence-corrected chi connectivity index (χ1v) is 25.9. The number of nitrogens with one attached hydrogen (secondary N) is 8. The van der Waals surface area contributed by atoms with Gasteiger partial charge in [-0.25, -0.2) is 0 Å². The van der Waals surface area contributed by atoms with Gasteiger partial charge in [0, 0.05) is 23.0 Å². The summed E-state index contributed by atoms with van der Waals surface area (Å²) in [6.45, 7) is 3.53. The molecule has 0 spiro atoms. The molecule has 5 aliphatic heterocycles. The largest absolute Gasteiger partial charge is 0.309 e. The maximum atomic E-state index is 12.8. The molecule has 58 heavy (non-hydrogen) atoms. The van der Waals surface area contributed by atoms with Crippen LogP contribution in [-0.4, -0.2) is 93.1 Å². The van der Waals surface area contributed by atoms with Crippen molar-refractivity contribution in [2.24, 2.45) is 47.3 Å². The molecular formula is C44H83CuN9O3S. The molecule has 8 bridgehead atoms. The quantitative estimate of drug-likeness (QED) is 0.0811. The number of hydrogen-bond acceptors (Lipinski definition) is 11. The fraction of sp³-hybridized carbons (Fsp3) is 1.00. The predicted molar refractivity (Wildman–Crippen MR) is 229 cm³/mol. The van der Waals surface area contributed by atoms with Crippen LogP contribution < -0.4 is 42.5 Å². The van der Waals surface area contributed by atoms with Gasteiger partial charge in [0.15, 0.2) is 0 Å². The molecule has 9 fully saturated rings. The predicted octanol–water partition coefficient (Wildman–Crippen LogP) is 5.16. The Labute approximate surface area is 363 Å². The number of nitrogens with zero attached hydrogens (tertiary/aromatic N) is 1. The van der Waals surface area contributed by atoms with Gasteiger partial charge in [-0.3, -0.25) is 47.1 Å². The van der Waals surface area contributed by atoms with Crippen LogP contribution in [0, 0.1) is 47.3 Å². The Hall–Kier alpha value is 0.0695. The molecule has 9 rings (SSSR count). The molecule has 5 heterocycles. The van der Waals surface area contributed by atoms with E-state index in [1.165, 1.54) is 135 Å². The van der Waals surface area contributed by atoms with Crippen molar-refractivity contribution in [3.8, 4) is 0 Å². The van der Waals surface area contributed by atoms with Gasteiger partial charge in [-0.2, -0.15) is 8.42 Å². The molecule has 4 saturated carbocycles. The van der Waals surface area contributed by atoms with Crippen LogP contribution in [0.3, 0.4) is 0 Å². The molecule has 339 valence electrons. The van der Waals surface area contributed by atoms with Crippen LogP contribution in [0.25, 0.3) is 0 Å². The summed E-state index contributed by atoms with van der Waals surface area (Å²) in [6.07, 6.45) is 30.3. The minimum atomic E-state index is -4.16. The Balaban J connectivity index is 0.000000318. The van der Waals surface area contributed by atoms with Crippen molar-refractivity contribution in [2.75, 3.05) is 20.6 Å². The Morgan fingerprint density at radius 3 is 1.10 bits per heavy atom. The molecule has 17 atom stereocenters. The van der Waals surface area contributed by atoms with Crippen molar-refractivity contribution in [1.29, 1.82) is 0 Å². The van der Waals surface area contributed by atoms with Crippen molar-refractivity contribution < 1.29 is 30.0 Å². The van der Waals surface area contributed by atoms with E-state index >= 15 is 0 Å². The number of rotatable bonds is 10. The summed E-state index contributed by atoms with van der Waals surface area (Å²) in [5, 5.41) is 31.8. The van der Waals surface area contributed by atoms with Crippen molar-refractivity contribution in [2.45, 2.75) is 209 Å². The van der Waals surface area contributed by atoms with Gasteiger partial charge in [0.05, 0.1) is 54.6 Å². The molecule has 0 amide bonds. The fourth-order valence-electron chi connectivity index (χ4n) is 13.9. The van der Waals surface area contributed by atoms with Crippen molar-refractivity contribution in [1.82, 2.24) is 47.4 Å². The van der Waals surface area contributed by atoms with Gasteiger partial charge in [-0.15, -0.1) is 0 Å². The van der Waals surface area contributed by atoms with Crippen LogP contribution in [0.4, 0.5) is 0 Å². The topological polar surface area (TPSA) is 154 Å². The van der Waals surface area contributed by atoms with Gasteiger partial charge in [-0.1, -0.05) is 96.8 Å². The average Bonchev–Trinajstić information content (AvgIpc) is 3.94. The Bertz CT molecular complexity index is 1380. The third-order valence-corrected chi connectivity index (χ3v) is 18.0. The average molecular weight is 882 g/mol. The van der Waals surface area contributed by atoms with Crippen molar-refractivity contribution in [3.63, 3.8) is 0 Å². The summed E-state index contributed by atoms with van der Waals surface area (Å²) in [5.74, 6) is 3.50. The molecule has 14 heteroatoms. The normalized spacial score (nSPS) is 44.6. The standard InChI is InChI=1S/C32H56N8O3S.C12H27N.Cu/c41-44(42,43)23-15-7-14-22-24(23)32-39-30-21-13-6-5-12-20(21)28(37-30)35-26-17-9-2-1-8-16(17)25(33-26)34-27-18-10-3-4-11-19(18)29(36-27)38-31(22)40-32;1-4-5-6-7-8-9-10-11-12-13(2)3;/h16-40H,1-15H2,(H,41,42,43);4-12H2,1-3H3;. The van der Waals surface area contributed by atoms with E-state index in [0.29, 0.717) is 54.3 Å². The molecule has 12 nitrogen and oxygen atoms in total. The van der Waals surface area contributed by atoms with Crippen LogP contribution in [0.5, 0.6) is 0 Å². The first-order valence-electron chi connectivity index (χ1n) is 24.4. The van der Waals surface area contributed by atoms with Crippen LogP contribution in [-0.2, 0) is 27.2 Å². The number of fused-ring (bicyclic) bond motifs is 20. The van der Waals surface area contributed by atoms with Crippen LogP contribution in [0.15, 0.2) is 0 Å². The van der Waals surface area contributed by atoms with E-state index in [1.54, 1.807) is 0 Å². The second-order valence-electron chi connectivity index (χ2n) is 20.5. The molecule has 0 aromatic carbocycles. The summed E-state index contributed by atoms with van der Waals surface area (Å²) in [7, 11) is 0.153. The Morgan fingerprint density at radius 2 is 0.759 bits per heavy atom. The maximum absolute atomic E-state index is 12.8. The zero-order chi connectivity index (χ0) is 39.5. The third kappa shape index (κ3) is 10.5. The Morgan fingerprint density at radius 1 is 0.448 bits per heavy atom. The third-order valence-electron chi connectivity index (χ3n) is 16.7. The molecule has 4 aliphatic carbocycles. The summed E-state index contributed by atoms with van der Waals surface area (Å²) < 4.78 is 36.1. The first-order chi connectivity index (χ1) is 27.7. The van der Waals surface area contributed by atoms with E-state index in [2.05, 4.69) is 68.5 Å². The zero-order valence-corrected chi connectivity index (χ0v) is 38.0. The summed E-state index contributed by atoms with van der Waals surface area (Å²) >= 11 is 0. The molecule has 0 aromatic rings. The first kappa shape index (κ1) is 46.1. The van der Waals surface area contributed by atoms with Crippen LogP contribution in [0.2, 0.25) is 0 Å². The summed E-state index contributed by atoms with van der Waals surface area (Å²) in [6, 6.07) is 0. The van der Waals surface area contributed by atoms with Gasteiger partial charge >= 0.3 is 0 Å². The van der Waals surface area contributed by atoms with Crippen molar-refractivity contribution in [3.05, 3.63) is 0 Å². The molecule has 9 N–H and O–H groups in total. The van der Waals surface area contributed by atoms with Gasteiger partial charge in [0.1, 0.15) is 0 Å². The smallest absolute Gasteiger partial charge is 0.268 e. The van der Waals surface area contributed by atoms with Gasteiger partial charge in [-0.05, 0) is 120 Å². The minimum absolute atomic E-state index is 0. The summed E-state index contributed by atoms with van der Waals surface area (Å²) in [5.41, 5.74) is 0. The monoisotopic (exact) mass is 881 g/mol. The molecular weight excluding hydrogens is 798 g/mol. The molecule has 1 radical (unpaired) electrons. The van der Waals surface area contributed by atoms with Gasteiger partial charge in [0.25, 0.3) is 10.1 Å². The van der Waals surface area contributed by atoms with Crippen LogP contribution >= 0.6 is 0 Å². The molecule has 5 saturated heterocycles. The van der Waals surface area contributed by atoms with Gasteiger partial charge in [0.2, 0.25) is 0 Å². The maximum Gasteiger partial charge on any atom is 0.268 e. The van der Waals surface area contributed by atoms with E-state index in [4.69, 9.17) is 0 Å². The molecule has 0 aromatic heterocycles. The zero-order valence-electron chi connectivity index (χ0n) is 36.2. The summed E-state index contributed by atoms with van der Waals surface area (Å²) in [4.78, 5) is 2.27. The van der Waals surface area contributed by atoms with E-state index in [-0.39, 0.29) is 65.9 Å². The number of unbranched alkanes of at least 4 members (excludes halogenated alkanes) is 7. The van der Waals surface area contributed by atoms with Crippen LogP contribution in [0.1, 0.15) is 155 Å². The SMILES string of the molecule is CCCCCCCCCCN(C)C.O=S(=O)(O)C1CCCC2C3NC4NC(NC5NC(NC6NC(NC(N3)C21)C1CCCCC61)C1CCCCC51)C1CCCCC41.[Cu].